The molecule has 7 nitrogen and oxygen atoms in total. The summed E-state index contributed by atoms with van der Waals surface area (Å²) in [6.07, 6.45) is 3.47. The molecule has 1 N–H and O–H groups in total. The molecular weight excluding hydrogens is 316 g/mol. The van der Waals surface area contributed by atoms with E-state index in [1.165, 1.54) is 0 Å². The molecule has 0 bridgehead atoms. The van der Waals surface area contributed by atoms with E-state index in [2.05, 4.69) is 32.0 Å². The Morgan fingerprint density at radius 3 is 2.36 bits per heavy atom. The Hall–Kier alpha value is -2.44. The SMILES string of the molecule is Cc1cc(C)nc(N2CCC(C)(c3[nH]ncc3C(=O)N(C)C)CC2)n1. The highest BCUT2D eigenvalue weighted by molar-refractivity contribution is 5.95. The summed E-state index contributed by atoms with van der Waals surface area (Å²) in [5.74, 6) is 0.791. The van der Waals surface area contributed by atoms with Crippen molar-refractivity contribution in [3.8, 4) is 0 Å². The first-order valence-electron chi connectivity index (χ1n) is 8.63. The Bertz CT molecular complexity index is 753. The first kappa shape index (κ1) is 17.4. The number of anilines is 1. The molecule has 2 aromatic rings. The Morgan fingerprint density at radius 2 is 1.80 bits per heavy atom. The molecule has 134 valence electrons. The molecule has 0 atom stereocenters. The van der Waals surface area contributed by atoms with Gasteiger partial charge in [0, 0.05) is 44.0 Å². The van der Waals surface area contributed by atoms with Gasteiger partial charge in [-0.15, -0.1) is 0 Å². The summed E-state index contributed by atoms with van der Waals surface area (Å²) in [4.78, 5) is 25.4. The highest BCUT2D eigenvalue weighted by Gasteiger charge is 2.37. The lowest BCUT2D eigenvalue weighted by Gasteiger charge is -2.39. The van der Waals surface area contributed by atoms with Crippen LogP contribution >= 0.6 is 0 Å². The second-order valence-corrected chi connectivity index (χ2v) is 7.36. The third-order valence-electron chi connectivity index (χ3n) is 5.00. The average Bonchev–Trinajstić information content (AvgIpc) is 3.04. The van der Waals surface area contributed by atoms with E-state index >= 15 is 0 Å². The van der Waals surface area contributed by atoms with E-state index < -0.39 is 0 Å². The number of hydrogen-bond acceptors (Lipinski definition) is 5. The van der Waals surface area contributed by atoms with Gasteiger partial charge in [0.05, 0.1) is 17.5 Å². The first-order chi connectivity index (χ1) is 11.8. The van der Waals surface area contributed by atoms with E-state index in [4.69, 9.17) is 0 Å². The molecular formula is C18H26N6O. The van der Waals surface area contributed by atoms with Gasteiger partial charge in [-0.05, 0) is 32.8 Å². The summed E-state index contributed by atoms with van der Waals surface area (Å²) in [5.41, 5.74) is 3.48. The van der Waals surface area contributed by atoms with Gasteiger partial charge in [0.1, 0.15) is 0 Å². The Balaban J connectivity index is 1.79. The number of H-pyrrole nitrogens is 1. The van der Waals surface area contributed by atoms with Gasteiger partial charge in [-0.25, -0.2) is 9.97 Å². The standard InChI is InChI=1S/C18H26N6O/c1-12-10-13(2)21-17(20-12)24-8-6-18(3,7-9-24)15-14(11-19-22-15)16(25)23(4)5/h10-11H,6-9H2,1-5H3,(H,19,22). The van der Waals surface area contributed by atoms with Gasteiger partial charge in [-0.2, -0.15) is 5.10 Å². The van der Waals surface area contributed by atoms with Crippen LogP contribution in [0.1, 0.15) is 47.2 Å². The van der Waals surface area contributed by atoms with Crippen LogP contribution in [0.4, 0.5) is 5.95 Å². The van der Waals surface area contributed by atoms with Gasteiger partial charge in [-0.3, -0.25) is 9.89 Å². The molecule has 1 saturated heterocycles. The van der Waals surface area contributed by atoms with Gasteiger partial charge in [0.2, 0.25) is 5.95 Å². The fraction of sp³-hybridized carbons (Fsp3) is 0.556. The lowest BCUT2D eigenvalue weighted by atomic mass is 9.76. The second kappa shape index (κ2) is 6.46. The van der Waals surface area contributed by atoms with E-state index in [0.29, 0.717) is 5.56 Å². The molecule has 7 heteroatoms. The third kappa shape index (κ3) is 3.36. The minimum Gasteiger partial charge on any atom is -0.345 e. The van der Waals surface area contributed by atoms with E-state index in [9.17, 15) is 4.79 Å². The smallest absolute Gasteiger partial charge is 0.256 e. The van der Waals surface area contributed by atoms with Crippen LogP contribution in [0.2, 0.25) is 0 Å². The predicted molar refractivity (Wildman–Crippen MR) is 96.9 cm³/mol. The van der Waals surface area contributed by atoms with Crippen LogP contribution in [0.15, 0.2) is 12.3 Å². The summed E-state index contributed by atoms with van der Waals surface area (Å²) in [7, 11) is 3.53. The lowest BCUT2D eigenvalue weighted by Crippen LogP contribution is -2.43. The van der Waals surface area contributed by atoms with Crippen molar-refractivity contribution >= 4 is 11.9 Å². The highest BCUT2D eigenvalue weighted by Crippen LogP contribution is 2.36. The summed E-state index contributed by atoms with van der Waals surface area (Å²) < 4.78 is 0. The van der Waals surface area contributed by atoms with Crippen molar-refractivity contribution in [1.82, 2.24) is 25.1 Å². The van der Waals surface area contributed by atoms with Gasteiger partial charge >= 0.3 is 0 Å². The van der Waals surface area contributed by atoms with E-state index in [0.717, 1.165) is 49.0 Å². The van der Waals surface area contributed by atoms with Crippen LogP contribution in [0, 0.1) is 13.8 Å². The van der Waals surface area contributed by atoms with Crippen LogP contribution < -0.4 is 4.90 Å². The Kier molecular flexibility index (Phi) is 4.49. The zero-order valence-corrected chi connectivity index (χ0v) is 15.6. The number of carbonyl (C=O) groups excluding carboxylic acids is 1. The van der Waals surface area contributed by atoms with E-state index in [-0.39, 0.29) is 11.3 Å². The number of aromatic amines is 1. The van der Waals surface area contributed by atoms with Crippen LogP contribution in [0.3, 0.4) is 0 Å². The maximum atomic E-state index is 12.4. The van der Waals surface area contributed by atoms with Crippen LogP contribution in [0.5, 0.6) is 0 Å². The molecule has 1 aliphatic heterocycles. The van der Waals surface area contributed by atoms with E-state index in [1.807, 2.05) is 19.9 Å². The van der Waals surface area contributed by atoms with Gasteiger partial charge in [-0.1, -0.05) is 6.92 Å². The van der Waals surface area contributed by atoms with Crippen molar-refractivity contribution in [2.45, 2.75) is 39.0 Å². The maximum Gasteiger partial charge on any atom is 0.256 e. The van der Waals surface area contributed by atoms with E-state index in [1.54, 1.807) is 25.2 Å². The minimum absolute atomic E-state index is 0.00922. The number of aryl methyl sites for hydroxylation is 2. The number of hydrogen-bond donors (Lipinski definition) is 1. The molecule has 3 rings (SSSR count). The molecule has 1 aliphatic rings. The van der Waals surface area contributed by atoms with Crippen LogP contribution in [0.25, 0.3) is 0 Å². The third-order valence-corrected chi connectivity index (χ3v) is 5.00. The average molecular weight is 342 g/mol. The molecule has 0 unspecified atom stereocenters. The largest absolute Gasteiger partial charge is 0.345 e. The Labute approximate surface area is 148 Å². The minimum atomic E-state index is -0.104. The van der Waals surface area contributed by atoms with Gasteiger partial charge in [0.15, 0.2) is 0 Å². The summed E-state index contributed by atoms with van der Waals surface area (Å²) in [6.45, 7) is 7.90. The van der Waals surface area contributed by atoms with Crippen molar-refractivity contribution in [2.75, 3.05) is 32.1 Å². The lowest BCUT2D eigenvalue weighted by molar-refractivity contribution is 0.0824. The summed E-state index contributed by atoms with van der Waals surface area (Å²) in [5, 5.41) is 7.21. The molecule has 1 fully saturated rings. The second-order valence-electron chi connectivity index (χ2n) is 7.36. The highest BCUT2D eigenvalue weighted by atomic mass is 16.2. The molecule has 25 heavy (non-hydrogen) atoms. The van der Waals surface area contributed by atoms with Gasteiger partial charge < -0.3 is 9.80 Å². The first-order valence-corrected chi connectivity index (χ1v) is 8.63. The molecule has 0 saturated carbocycles. The predicted octanol–water partition coefficient (Wildman–Crippen LogP) is 2.08. The molecule has 2 aromatic heterocycles. The molecule has 0 spiro atoms. The zero-order chi connectivity index (χ0) is 18.2. The molecule has 3 heterocycles. The number of nitrogens with one attached hydrogen (secondary N) is 1. The van der Waals surface area contributed by atoms with Crippen molar-refractivity contribution < 1.29 is 4.79 Å². The van der Waals surface area contributed by atoms with Crippen LogP contribution in [-0.2, 0) is 5.41 Å². The van der Waals surface area contributed by atoms with Crippen molar-refractivity contribution in [1.29, 1.82) is 0 Å². The number of carbonyl (C=O) groups is 1. The fourth-order valence-electron chi connectivity index (χ4n) is 3.45. The number of rotatable bonds is 3. The van der Waals surface area contributed by atoms with Crippen molar-refractivity contribution in [3.63, 3.8) is 0 Å². The van der Waals surface area contributed by atoms with Crippen molar-refractivity contribution in [3.05, 3.63) is 34.9 Å². The molecule has 1 amide bonds. The van der Waals surface area contributed by atoms with Gasteiger partial charge in [0.25, 0.3) is 5.91 Å². The quantitative estimate of drug-likeness (QED) is 0.924. The number of amides is 1. The topological polar surface area (TPSA) is 78.0 Å². The monoisotopic (exact) mass is 342 g/mol. The normalized spacial score (nSPS) is 16.8. The zero-order valence-electron chi connectivity index (χ0n) is 15.6. The fourth-order valence-corrected chi connectivity index (χ4v) is 3.45. The number of nitrogens with zero attached hydrogens (tertiary/aromatic N) is 5. The Morgan fingerprint density at radius 1 is 1.20 bits per heavy atom. The van der Waals surface area contributed by atoms with Crippen molar-refractivity contribution in [2.24, 2.45) is 0 Å². The summed E-state index contributed by atoms with van der Waals surface area (Å²) >= 11 is 0. The van der Waals surface area contributed by atoms with Crippen LogP contribution in [-0.4, -0.2) is 58.2 Å². The maximum absolute atomic E-state index is 12.4. The molecule has 0 aliphatic carbocycles. The number of piperidine rings is 1. The molecule has 0 aromatic carbocycles. The molecule has 0 radical (unpaired) electrons. The number of aromatic nitrogens is 4. The summed E-state index contributed by atoms with van der Waals surface area (Å²) in [6, 6.07) is 1.99.